The molecule has 0 bridgehead atoms. The summed E-state index contributed by atoms with van der Waals surface area (Å²) in [7, 11) is 0. The quantitative estimate of drug-likeness (QED) is 0.790. The fourth-order valence-corrected chi connectivity index (χ4v) is 1.94. The monoisotopic (exact) mass is 267 g/mol. The Bertz CT molecular complexity index is 754. The average molecular weight is 267 g/mol. The molecule has 0 saturated heterocycles. The van der Waals surface area contributed by atoms with Gasteiger partial charge in [-0.1, -0.05) is 6.07 Å². The number of ether oxygens (including phenoxy) is 1. The minimum Gasteiger partial charge on any atom is -0.424 e. The Hall–Kier alpha value is -2.53. The van der Waals surface area contributed by atoms with Crippen LogP contribution < -0.4 is 4.74 Å². The molecule has 0 aliphatic rings. The molecule has 3 rings (SSSR count). The first-order valence-electron chi connectivity index (χ1n) is 6.23. The van der Waals surface area contributed by atoms with E-state index in [1.165, 1.54) is 0 Å². The van der Waals surface area contributed by atoms with Crippen LogP contribution in [0.5, 0.6) is 11.8 Å². The van der Waals surface area contributed by atoms with Crippen molar-refractivity contribution in [1.29, 1.82) is 0 Å². The maximum absolute atomic E-state index is 9.11. The second-order valence-corrected chi connectivity index (χ2v) is 4.35. The maximum atomic E-state index is 9.11. The predicted molar refractivity (Wildman–Crippen MR) is 74.5 cm³/mol. The Morgan fingerprint density at radius 1 is 1.15 bits per heavy atom. The van der Waals surface area contributed by atoms with Crippen LogP contribution in [-0.4, -0.2) is 20.1 Å². The van der Waals surface area contributed by atoms with Gasteiger partial charge < -0.3 is 9.84 Å². The van der Waals surface area contributed by atoms with E-state index in [4.69, 9.17) is 9.84 Å². The Kier molecular flexibility index (Phi) is 3.26. The van der Waals surface area contributed by atoms with Crippen LogP contribution >= 0.6 is 0 Å². The van der Waals surface area contributed by atoms with Crippen LogP contribution in [0.2, 0.25) is 0 Å². The van der Waals surface area contributed by atoms with E-state index in [0.717, 1.165) is 10.9 Å². The van der Waals surface area contributed by atoms with Crippen molar-refractivity contribution >= 4 is 10.9 Å². The fraction of sp³-hybridized carbons (Fsp3) is 0.133. The van der Waals surface area contributed by atoms with Crippen molar-refractivity contribution in [3.05, 3.63) is 54.0 Å². The zero-order valence-corrected chi connectivity index (χ0v) is 10.9. The molecule has 0 amide bonds. The van der Waals surface area contributed by atoms with Crippen molar-refractivity contribution in [3.8, 4) is 11.8 Å². The molecule has 2 heterocycles. The van der Waals surface area contributed by atoms with Crippen molar-refractivity contribution in [2.24, 2.45) is 0 Å². The van der Waals surface area contributed by atoms with Crippen LogP contribution in [0.4, 0.5) is 0 Å². The van der Waals surface area contributed by atoms with Crippen molar-refractivity contribution in [2.75, 3.05) is 0 Å². The van der Waals surface area contributed by atoms with Crippen LogP contribution in [-0.2, 0) is 6.61 Å². The number of aliphatic hydroxyl groups excluding tert-OH is 1. The molecule has 2 aromatic heterocycles. The highest BCUT2D eigenvalue weighted by Crippen LogP contribution is 2.27. The van der Waals surface area contributed by atoms with Gasteiger partial charge in [-0.25, -0.2) is 4.98 Å². The van der Waals surface area contributed by atoms with Crippen LogP contribution in [0, 0.1) is 6.92 Å². The van der Waals surface area contributed by atoms with Gasteiger partial charge >= 0.3 is 6.01 Å². The summed E-state index contributed by atoms with van der Waals surface area (Å²) in [6.45, 7) is 1.73. The number of pyridine rings is 1. The number of hydrogen-bond acceptors (Lipinski definition) is 5. The summed E-state index contributed by atoms with van der Waals surface area (Å²) in [6.07, 6.45) is 3.31. The second kappa shape index (κ2) is 5.22. The third kappa shape index (κ3) is 2.31. The zero-order chi connectivity index (χ0) is 13.9. The first kappa shape index (κ1) is 12.5. The summed E-state index contributed by atoms with van der Waals surface area (Å²) < 4.78 is 5.73. The lowest BCUT2D eigenvalue weighted by Crippen LogP contribution is -1.98. The van der Waals surface area contributed by atoms with Crippen LogP contribution in [0.3, 0.4) is 0 Å². The highest BCUT2D eigenvalue weighted by Gasteiger charge is 2.07. The van der Waals surface area contributed by atoms with Gasteiger partial charge in [0.1, 0.15) is 5.75 Å². The molecule has 20 heavy (non-hydrogen) atoms. The van der Waals surface area contributed by atoms with Gasteiger partial charge in [0.2, 0.25) is 0 Å². The summed E-state index contributed by atoms with van der Waals surface area (Å²) in [5.74, 6) is 0.659. The standard InChI is InChI=1S/C15H13N3O2/c1-10-11(9-19)8-17-15(18-10)20-14-6-2-5-13-12(14)4-3-7-16-13/h2-8,19H,9H2,1H3. The van der Waals surface area contributed by atoms with Gasteiger partial charge in [-0.05, 0) is 31.2 Å². The number of aromatic nitrogens is 3. The third-order valence-corrected chi connectivity index (χ3v) is 3.04. The second-order valence-electron chi connectivity index (χ2n) is 4.35. The van der Waals surface area contributed by atoms with Gasteiger partial charge in [0.25, 0.3) is 0 Å². The van der Waals surface area contributed by atoms with E-state index in [1.54, 1.807) is 12.4 Å². The fourth-order valence-electron chi connectivity index (χ4n) is 1.94. The molecule has 0 saturated carbocycles. The summed E-state index contributed by atoms with van der Waals surface area (Å²) in [6, 6.07) is 9.70. The van der Waals surface area contributed by atoms with Crippen LogP contribution in [0.25, 0.3) is 10.9 Å². The minimum absolute atomic E-state index is 0.0791. The molecule has 0 spiro atoms. The van der Waals surface area contributed by atoms with Gasteiger partial charge in [0.05, 0.1) is 17.8 Å². The van der Waals surface area contributed by atoms with Crippen molar-refractivity contribution in [1.82, 2.24) is 15.0 Å². The molecule has 0 atom stereocenters. The van der Waals surface area contributed by atoms with E-state index in [9.17, 15) is 0 Å². The average Bonchev–Trinajstić information content (AvgIpc) is 2.48. The number of hydrogen-bond donors (Lipinski definition) is 1. The summed E-state index contributed by atoms with van der Waals surface area (Å²) in [5, 5.41) is 10.0. The van der Waals surface area contributed by atoms with E-state index in [2.05, 4.69) is 15.0 Å². The number of aliphatic hydroxyl groups is 1. The maximum Gasteiger partial charge on any atom is 0.322 e. The SMILES string of the molecule is Cc1nc(Oc2cccc3ncccc23)ncc1CO. The molecule has 3 aromatic rings. The molecule has 0 aliphatic heterocycles. The first-order valence-corrected chi connectivity index (χ1v) is 6.23. The zero-order valence-electron chi connectivity index (χ0n) is 10.9. The molecule has 0 aliphatic carbocycles. The van der Waals surface area contributed by atoms with E-state index in [-0.39, 0.29) is 12.6 Å². The Morgan fingerprint density at radius 2 is 2.05 bits per heavy atom. The largest absolute Gasteiger partial charge is 0.424 e. The van der Waals surface area contributed by atoms with E-state index in [0.29, 0.717) is 17.0 Å². The Morgan fingerprint density at radius 3 is 2.85 bits per heavy atom. The number of aryl methyl sites for hydroxylation is 1. The summed E-state index contributed by atoms with van der Waals surface area (Å²) >= 11 is 0. The van der Waals surface area contributed by atoms with Gasteiger partial charge in [-0.3, -0.25) is 4.98 Å². The highest BCUT2D eigenvalue weighted by molar-refractivity contribution is 5.84. The van der Waals surface area contributed by atoms with Crippen molar-refractivity contribution < 1.29 is 9.84 Å². The number of nitrogens with zero attached hydrogens (tertiary/aromatic N) is 3. The summed E-state index contributed by atoms with van der Waals surface area (Å²) in [4.78, 5) is 12.6. The highest BCUT2D eigenvalue weighted by atomic mass is 16.5. The molecule has 100 valence electrons. The number of benzene rings is 1. The molecule has 5 heteroatoms. The lowest BCUT2D eigenvalue weighted by molar-refractivity contribution is 0.279. The lowest BCUT2D eigenvalue weighted by atomic mass is 10.2. The topological polar surface area (TPSA) is 68.1 Å². The van der Waals surface area contributed by atoms with Gasteiger partial charge in [-0.15, -0.1) is 0 Å². The van der Waals surface area contributed by atoms with Crippen molar-refractivity contribution in [3.63, 3.8) is 0 Å². The van der Waals surface area contributed by atoms with Crippen molar-refractivity contribution in [2.45, 2.75) is 13.5 Å². The Balaban J connectivity index is 1.99. The smallest absolute Gasteiger partial charge is 0.322 e. The molecule has 0 unspecified atom stereocenters. The van der Waals surface area contributed by atoms with Crippen LogP contribution in [0.1, 0.15) is 11.3 Å². The van der Waals surface area contributed by atoms with Gasteiger partial charge in [0, 0.05) is 23.3 Å². The number of rotatable bonds is 3. The van der Waals surface area contributed by atoms with Gasteiger partial charge in [-0.2, -0.15) is 4.98 Å². The molecule has 5 nitrogen and oxygen atoms in total. The van der Waals surface area contributed by atoms with Crippen LogP contribution in [0.15, 0.2) is 42.7 Å². The molecule has 0 fully saturated rings. The minimum atomic E-state index is -0.0791. The van der Waals surface area contributed by atoms with Gasteiger partial charge in [0.15, 0.2) is 0 Å². The molecule has 0 radical (unpaired) electrons. The lowest BCUT2D eigenvalue weighted by Gasteiger charge is -2.08. The van der Waals surface area contributed by atoms with E-state index in [1.807, 2.05) is 37.3 Å². The Labute approximate surface area is 115 Å². The van der Waals surface area contributed by atoms with E-state index >= 15 is 0 Å². The molecule has 1 N–H and O–H groups in total. The predicted octanol–water partition coefficient (Wildman–Crippen LogP) is 2.62. The normalized spacial score (nSPS) is 10.7. The first-order chi connectivity index (χ1) is 9.78. The molecular formula is C15H13N3O2. The number of fused-ring (bicyclic) bond motifs is 1. The summed E-state index contributed by atoms with van der Waals surface area (Å²) in [5.41, 5.74) is 2.25. The third-order valence-electron chi connectivity index (χ3n) is 3.04. The molecule has 1 aromatic carbocycles. The molecular weight excluding hydrogens is 254 g/mol. The van der Waals surface area contributed by atoms with E-state index < -0.39 is 0 Å².